The Kier molecular flexibility index (Phi) is 47.8. The number of allylic oxidation sites excluding steroid dienone is 17. The number of unbranched alkanes of at least 4 members (excludes halogenated alkanes) is 17. The molecular formula is C58H97NO5. The number of nitrogens with one attached hydrogen (secondary N) is 1. The van der Waals surface area contributed by atoms with Crippen LogP contribution in [0, 0.1) is 0 Å². The van der Waals surface area contributed by atoms with Crippen molar-refractivity contribution >= 4 is 11.9 Å². The molecule has 0 aliphatic heterocycles. The van der Waals surface area contributed by atoms with Crippen LogP contribution in [0.15, 0.2) is 109 Å². The zero-order chi connectivity index (χ0) is 46.7. The summed E-state index contributed by atoms with van der Waals surface area (Å²) >= 11 is 0. The van der Waals surface area contributed by atoms with Crippen molar-refractivity contribution < 1.29 is 24.5 Å². The van der Waals surface area contributed by atoms with E-state index in [1.165, 1.54) is 96.3 Å². The molecule has 0 bridgehead atoms. The number of hydrogen-bond donors (Lipinski definition) is 3. The molecule has 0 aromatic heterocycles. The molecule has 6 heteroatoms. The minimum atomic E-state index is -0.835. The Balaban J connectivity index is 4.82. The zero-order valence-electron chi connectivity index (χ0n) is 41.4. The SMILES string of the molecule is CC/C=C/C/C=C/C/C=C/C/C=C/C/C=C/C(CC(=O)NC(CO)C(O)CCCCCCCCCCCCCCCC)OC(=O)CCC/C=C\C/C=C\C/C=C\C/C=C\CCCCC. The summed E-state index contributed by atoms with van der Waals surface area (Å²) in [5.41, 5.74) is 0. The zero-order valence-corrected chi connectivity index (χ0v) is 41.4. The van der Waals surface area contributed by atoms with E-state index in [1.807, 2.05) is 6.08 Å². The third kappa shape index (κ3) is 45.1. The first kappa shape index (κ1) is 60.5. The van der Waals surface area contributed by atoms with Crippen molar-refractivity contribution in [2.24, 2.45) is 0 Å². The minimum Gasteiger partial charge on any atom is -0.458 e. The lowest BCUT2D eigenvalue weighted by atomic mass is 10.0. The summed E-state index contributed by atoms with van der Waals surface area (Å²) in [7, 11) is 0. The molecule has 0 saturated heterocycles. The third-order valence-corrected chi connectivity index (χ3v) is 11.1. The van der Waals surface area contributed by atoms with E-state index in [-0.39, 0.29) is 31.3 Å². The van der Waals surface area contributed by atoms with Crippen LogP contribution in [0.3, 0.4) is 0 Å². The van der Waals surface area contributed by atoms with Crippen LogP contribution in [-0.4, -0.2) is 46.9 Å². The molecule has 0 spiro atoms. The molecule has 1 amide bonds. The molecule has 0 fully saturated rings. The smallest absolute Gasteiger partial charge is 0.306 e. The molecule has 0 radical (unpaired) electrons. The maximum atomic E-state index is 13.2. The molecule has 0 aromatic carbocycles. The number of aliphatic hydroxyl groups excluding tert-OH is 2. The van der Waals surface area contributed by atoms with Crippen LogP contribution >= 0.6 is 0 Å². The Labute approximate surface area is 394 Å². The molecule has 3 atom stereocenters. The second kappa shape index (κ2) is 50.5. The van der Waals surface area contributed by atoms with Gasteiger partial charge in [0.15, 0.2) is 0 Å². The highest BCUT2D eigenvalue weighted by Gasteiger charge is 2.23. The largest absolute Gasteiger partial charge is 0.458 e. The summed E-state index contributed by atoms with van der Waals surface area (Å²) in [4.78, 5) is 26.1. The van der Waals surface area contributed by atoms with Crippen LogP contribution in [-0.2, 0) is 14.3 Å². The fraction of sp³-hybridized carbons (Fsp3) is 0.655. The van der Waals surface area contributed by atoms with Crippen LogP contribution in [0.5, 0.6) is 0 Å². The average Bonchev–Trinajstić information content (AvgIpc) is 3.29. The Bertz CT molecular complexity index is 1320. The third-order valence-electron chi connectivity index (χ3n) is 11.1. The lowest BCUT2D eigenvalue weighted by Gasteiger charge is -2.23. The molecule has 0 rings (SSSR count). The fourth-order valence-corrected chi connectivity index (χ4v) is 7.15. The highest BCUT2D eigenvalue weighted by atomic mass is 16.5. The van der Waals surface area contributed by atoms with E-state index in [1.54, 1.807) is 6.08 Å². The highest BCUT2D eigenvalue weighted by molar-refractivity contribution is 5.78. The lowest BCUT2D eigenvalue weighted by Crippen LogP contribution is -2.46. The maximum absolute atomic E-state index is 13.2. The average molecular weight is 888 g/mol. The second-order valence-corrected chi connectivity index (χ2v) is 17.2. The first-order valence-electron chi connectivity index (χ1n) is 26.1. The van der Waals surface area contributed by atoms with Crippen molar-refractivity contribution in [3.8, 4) is 0 Å². The minimum absolute atomic E-state index is 0.0737. The quantitative estimate of drug-likeness (QED) is 0.0322. The number of hydrogen-bond acceptors (Lipinski definition) is 5. The van der Waals surface area contributed by atoms with Crippen LogP contribution in [0.2, 0.25) is 0 Å². The summed E-state index contributed by atoms with van der Waals surface area (Å²) in [5, 5.41) is 23.7. The Hall–Kier alpha value is -3.48. The molecule has 3 unspecified atom stereocenters. The highest BCUT2D eigenvalue weighted by Crippen LogP contribution is 2.15. The van der Waals surface area contributed by atoms with Crippen molar-refractivity contribution in [1.82, 2.24) is 5.32 Å². The molecule has 0 saturated carbocycles. The molecule has 0 heterocycles. The molecule has 3 N–H and O–H groups in total. The number of rotatable bonds is 45. The topological polar surface area (TPSA) is 95.9 Å². The van der Waals surface area contributed by atoms with Crippen LogP contribution in [0.1, 0.15) is 220 Å². The van der Waals surface area contributed by atoms with Gasteiger partial charge in [-0.3, -0.25) is 9.59 Å². The predicted octanol–water partition coefficient (Wildman–Crippen LogP) is 15.9. The fourth-order valence-electron chi connectivity index (χ4n) is 7.15. The van der Waals surface area contributed by atoms with Gasteiger partial charge in [0.1, 0.15) is 6.10 Å². The monoisotopic (exact) mass is 888 g/mol. The van der Waals surface area contributed by atoms with E-state index >= 15 is 0 Å². The summed E-state index contributed by atoms with van der Waals surface area (Å²) < 4.78 is 5.79. The number of carbonyl (C=O) groups excluding carboxylic acids is 2. The van der Waals surface area contributed by atoms with Crippen LogP contribution in [0.4, 0.5) is 0 Å². The first-order valence-corrected chi connectivity index (χ1v) is 26.1. The van der Waals surface area contributed by atoms with E-state index < -0.39 is 18.2 Å². The predicted molar refractivity (Wildman–Crippen MR) is 277 cm³/mol. The van der Waals surface area contributed by atoms with Gasteiger partial charge in [0.2, 0.25) is 5.91 Å². The Morgan fingerprint density at radius 3 is 1.33 bits per heavy atom. The first-order chi connectivity index (χ1) is 31.5. The van der Waals surface area contributed by atoms with Gasteiger partial charge in [-0.05, 0) is 89.5 Å². The summed E-state index contributed by atoms with van der Waals surface area (Å²) in [6, 6.07) is -0.760. The standard InChI is InChI=1S/C58H97NO5/c1-4-7-10-13-16-19-22-25-28-29-30-33-36-39-42-45-48-51-58(63)64-54(49-46-43-40-37-34-31-26-23-20-17-14-11-8-5-2)52-57(62)59-55(53-60)56(61)50-47-44-41-38-35-32-27-24-21-18-15-12-9-6-3/h8,11,16-17,19-20,25-26,28,30-31,33,37,39-40,42,46,49,54-56,60-61H,4-7,9-10,12-15,18,21-24,27,29,32,34-36,38,41,43-45,47-48,50-53H2,1-3H3,(H,59,62)/b11-8+,19-16-,20-17+,28-25-,31-26+,33-30-,40-37+,42-39-,49-46+. The van der Waals surface area contributed by atoms with E-state index in [2.05, 4.69) is 123 Å². The van der Waals surface area contributed by atoms with Gasteiger partial charge in [0, 0.05) is 6.42 Å². The van der Waals surface area contributed by atoms with Gasteiger partial charge >= 0.3 is 5.97 Å². The molecule has 64 heavy (non-hydrogen) atoms. The van der Waals surface area contributed by atoms with Gasteiger partial charge in [-0.1, -0.05) is 227 Å². The van der Waals surface area contributed by atoms with Gasteiger partial charge in [-0.15, -0.1) is 0 Å². The van der Waals surface area contributed by atoms with E-state index in [4.69, 9.17) is 4.74 Å². The number of ether oxygens (including phenoxy) is 1. The van der Waals surface area contributed by atoms with Crippen molar-refractivity contribution in [1.29, 1.82) is 0 Å². The van der Waals surface area contributed by atoms with Gasteiger partial charge in [-0.2, -0.15) is 0 Å². The van der Waals surface area contributed by atoms with Gasteiger partial charge < -0.3 is 20.3 Å². The van der Waals surface area contributed by atoms with Gasteiger partial charge in [0.25, 0.3) is 0 Å². The number of amides is 1. The molecule has 0 aliphatic carbocycles. The molecule has 0 aliphatic rings. The summed E-state index contributed by atoms with van der Waals surface area (Å²) in [5.74, 6) is -0.704. The van der Waals surface area contributed by atoms with Crippen molar-refractivity contribution in [3.05, 3.63) is 109 Å². The summed E-state index contributed by atoms with van der Waals surface area (Å²) in [6.45, 7) is 6.28. The van der Waals surface area contributed by atoms with E-state index in [9.17, 15) is 19.8 Å². The van der Waals surface area contributed by atoms with Crippen molar-refractivity contribution in [2.75, 3.05) is 6.61 Å². The van der Waals surface area contributed by atoms with Crippen LogP contribution < -0.4 is 5.32 Å². The van der Waals surface area contributed by atoms with Crippen molar-refractivity contribution in [3.63, 3.8) is 0 Å². The van der Waals surface area contributed by atoms with Gasteiger partial charge in [-0.25, -0.2) is 0 Å². The van der Waals surface area contributed by atoms with Gasteiger partial charge in [0.05, 0.1) is 25.2 Å². The second-order valence-electron chi connectivity index (χ2n) is 17.2. The van der Waals surface area contributed by atoms with E-state index in [0.29, 0.717) is 19.3 Å². The number of aliphatic hydroxyl groups is 2. The lowest BCUT2D eigenvalue weighted by molar-refractivity contribution is -0.148. The normalized spacial score (nSPS) is 14.1. The summed E-state index contributed by atoms with van der Waals surface area (Å²) in [6.07, 6.45) is 68.9. The maximum Gasteiger partial charge on any atom is 0.306 e. The number of esters is 1. The number of carbonyl (C=O) groups is 2. The Morgan fingerprint density at radius 2 is 0.875 bits per heavy atom. The molecule has 364 valence electrons. The van der Waals surface area contributed by atoms with Crippen molar-refractivity contribution in [2.45, 2.75) is 238 Å². The molecular weight excluding hydrogens is 791 g/mol. The van der Waals surface area contributed by atoms with Crippen LogP contribution in [0.25, 0.3) is 0 Å². The molecule has 0 aromatic rings. The Morgan fingerprint density at radius 1 is 0.484 bits per heavy atom. The van der Waals surface area contributed by atoms with E-state index in [0.717, 1.165) is 70.6 Å². The molecule has 6 nitrogen and oxygen atoms in total.